The van der Waals surface area contributed by atoms with Crippen LogP contribution >= 0.6 is 0 Å². The molecule has 3 heteroatoms. The van der Waals surface area contributed by atoms with Gasteiger partial charge in [-0.15, -0.1) is 0 Å². The standard InChI is InChI=1S/C17H17NO2/c1-20-15(19)17(18)12-16(17,13-8-4-2-5-9-13)14-10-6-3-7-11-14/h2-11H,12,18H2,1H3/t17-/m1/s1. The molecule has 0 spiro atoms. The van der Waals surface area contributed by atoms with Gasteiger partial charge >= 0.3 is 5.97 Å². The Bertz CT molecular complexity index is 584. The number of methoxy groups -OCH3 is 1. The van der Waals surface area contributed by atoms with Crippen LogP contribution in [0.15, 0.2) is 60.7 Å². The molecule has 2 N–H and O–H groups in total. The zero-order chi connectivity index (χ0) is 14.2. The lowest BCUT2D eigenvalue weighted by Crippen LogP contribution is -2.42. The summed E-state index contributed by atoms with van der Waals surface area (Å²) in [5.74, 6) is -0.356. The average Bonchev–Trinajstić information content (AvgIpc) is 3.17. The van der Waals surface area contributed by atoms with Crippen molar-refractivity contribution in [2.75, 3.05) is 7.11 Å². The van der Waals surface area contributed by atoms with Crippen LogP contribution in [0.25, 0.3) is 0 Å². The van der Waals surface area contributed by atoms with Crippen molar-refractivity contribution >= 4 is 5.97 Å². The van der Waals surface area contributed by atoms with Gasteiger partial charge in [-0.3, -0.25) is 4.79 Å². The van der Waals surface area contributed by atoms with Gasteiger partial charge in [0, 0.05) is 0 Å². The molecule has 2 aromatic rings. The van der Waals surface area contributed by atoms with Gasteiger partial charge in [0.1, 0.15) is 5.54 Å². The second kappa shape index (κ2) is 4.46. The summed E-state index contributed by atoms with van der Waals surface area (Å²) in [7, 11) is 1.38. The van der Waals surface area contributed by atoms with E-state index in [9.17, 15) is 4.79 Å². The fraction of sp³-hybridized carbons (Fsp3) is 0.235. The minimum absolute atomic E-state index is 0.356. The van der Waals surface area contributed by atoms with E-state index < -0.39 is 11.0 Å². The number of hydrogen-bond donors (Lipinski definition) is 1. The van der Waals surface area contributed by atoms with Crippen LogP contribution in [0.3, 0.4) is 0 Å². The number of nitrogens with two attached hydrogens (primary N) is 1. The van der Waals surface area contributed by atoms with Crippen molar-refractivity contribution in [3.8, 4) is 0 Å². The van der Waals surface area contributed by atoms with Gasteiger partial charge in [-0.1, -0.05) is 60.7 Å². The molecule has 1 aliphatic rings. The second-order valence-electron chi connectivity index (χ2n) is 5.28. The molecule has 0 saturated heterocycles. The Kier molecular flexibility index (Phi) is 2.87. The summed E-state index contributed by atoms with van der Waals surface area (Å²) in [5.41, 5.74) is 7.01. The van der Waals surface area contributed by atoms with Crippen LogP contribution in [-0.2, 0) is 14.9 Å². The van der Waals surface area contributed by atoms with Crippen molar-refractivity contribution in [3.63, 3.8) is 0 Å². The topological polar surface area (TPSA) is 52.3 Å². The molecule has 1 fully saturated rings. The number of carbonyl (C=O) groups is 1. The van der Waals surface area contributed by atoms with Gasteiger partial charge in [-0.25, -0.2) is 0 Å². The monoisotopic (exact) mass is 267 g/mol. The number of carbonyl (C=O) groups excluding carboxylic acids is 1. The number of esters is 1. The Hall–Kier alpha value is -2.13. The summed E-state index contributed by atoms with van der Waals surface area (Å²) < 4.78 is 4.91. The summed E-state index contributed by atoms with van der Waals surface area (Å²) >= 11 is 0. The SMILES string of the molecule is COC(=O)[C@]1(N)CC1(c1ccccc1)c1ccccc1. The molecular formula is C17H17NO2. The normalized spacial score (nSPS) is 23.1. The molecule has 20 heavy (non-hydrogen) atoms. The Labute approximate surface area is 118 Å². The van der Waals surface area contributed by atoms with E-state index in [0.717, 1.165) is 11.1 Å². The molecule has 0 heterocycles. The third kappa shape index (κ3) is 1.60. The fourth-order valence-corrected chi connectivity index (χ4v) is 3.13. The highest BCUT2D eigenvalue weighted by molar-refractivity contribution is 5.90. The minimum Gasteiger partial charge on any atom is -0.468 e. The largest absolute Gasteiger partial charge is 0.468 e. The summed E-state index contributed by atoms with van der Waals surface area (Å²) in [6.45, 7) is 0. The lowest BCUT2D eigenvalue weighted by molar-refractivity contribution is -0.143. The first-order chi connectivity index (χ1) is 9.65. The Morgan fingerprint density at radius 3 is 1.85 bits per heavy atom. The van der Waals surface area contributed by atoms with Crippen molar-refractivity contribution in [2.45, 2.75) is 17.4 Å². The smallest absolute Gasteiger partial charge is 0.327 e. The molecule has 102 valence electrons. The summed E-state index contributed by atoms with van der Waals surface area (Å²) in [5, 5.41) is 0. The first kappa shape index (κ1) is 12.9. The molecule has 1 aliphatic carbocycles. The van der Waals surface area contributed by atoms with Gasteiger partial charge < -0.3 is 10.5 Å². The van der Waals surface area contributed by atoms with Gasteiger partial charge in [-0.2, -0.15) is 0 Å². The third-order valence-electron chi connectivity index (χ3n) is 4.26. The van der Waals surface area contributed by atoms with Crippen molar-refractivity contribution in [3.05, 3.63) is 71.8 Å². The Morgan fingerprint density at radius 2 is 1.45 bits per heavy atom. The first-order valence-corrected chi connectivity index (χ1v) is 6.63. The Balaban J connectivity index is 2.15. The molecule has 0 unspecified atom stereocenters. The maximum atomic E-state index is 12.1. The molecule has 1 saturated carbocycles. The van der Waals surface area contributed by atoms with Crippen molar-refractivity contribution in [1.29, 1.82) is 0 Å². The number of benzene rings is 2. The second-order valence-corrected chi connectivity index (χ2v) is 5.28. The lowest BCUT2D eigenvalue weighted by atomic mass is 9.84. The number of ether oxygens (including phenoxy) is 1. The molecule has 0 bridgehead atoms. The van der Waals surface area contributed by atoms with Gasteiger partial charge in [-0.05, 0) is 17.5 Å². The van der Waals surface area contributed by atoms with E-state index in [1.807, 2.05) is 60.7 Å². The van der Waals surface area contributed by atoms with Crippen molar-refractivity contribution < 1.29 is 9.53 Å². The number of rotatable bonds is 3. The average molecular weight is 267 g/mol. The molecule has 2 aromatic carbocycles. The molecule has 1 atom stereocenters. The summed E-state index contributed by atoms with van der Waals surface area (Å²) in [6.07, 6.45) is 0.570. The Morgan fingerprint density at radius 1 is 1.00 bits per heavy atom. The van der Waals surface area contributed by atoms with E-state index in [4.69, 9.17) is 10.5 Å². The van der Waals surface area contributed by atoms with E-state index in [-0.39, 0.29) is 5.97 Å². The zero-order valence-corrected chi connectivity index (χ0v) is 11.4. The van der Waals surface area contributed by atoms with Crippen molar-refractivity contribution in [1.82, 2.24) is 0 Å². The maximum Gasteiger partial charge on any atom is 0.327 e. The molecule has 3 rings (SSSR count). The lowest BCUT2D eigenvalue weighted by Gasteiger charge is -2.22. The predicted octanol–water partition coefficient (Wildman–Crippen LogP) is 2.25. The molecule has 0 aliphatic heterocycles. The molecule has 0 radical (unpaired) electrons. The van der Waals surface area contributed by atoms with Gasteiger partial charge in [0.2, 0.25) is 0 Å². The summed E-state index contributed by atoms with van der Waals surface area (Å²) in [4.78, 5) is 12.1. The van der Waals surface area contributed by atoms with Gasteiger partial charge in [0.25, 0.3) is 0 Å². The first-order valence-electron chi connectivity index (χ1n) is 6.63. The minimum atomic E-state index is -0.982. The van der Waals surface area contributed by atoms with Crippen LogP contribution in [-0.4, -0.2) is 18.6 Å². The van der Waals surface area contributed by atoms with Crippen LogP contribution in [0.5, 0.6) is 0 Å². The molecule has 0 amide bonds. The van der Waals surface area contributed by atoms with Crippen molar-refractivity contribution in [2.24, 2.45) is 5.73 Å². The van der Waals surface area contributed by atoms with Crippen LogP contribution in [0.2, 0.25) is 0 Å². The predicted molar refractivity (Wildman–Crippen MR) is 77.2 cm³/mol. The van der Waals surface area contributed by atoms with Crippen LogP contribution < -0.4 is 5.73 Å². The molecule has 3 nitrogen and oxygen atoms in total. The van der Waals surface area contributed by atoms with Crippen LogP contribution in [0.1, 0.15) is 17.5 Å². The van der Waals surface area contributed by atoms with Gasteiger partial charge in [0.15, 0.2) is 0 Å². The van der Waals surface area contributed by atoms with E-state index in [2.05, 4.69) is 0 Å². The molecule has 0 aromatic heterocycles. The van der Waals surface area contributed by atoms with E-state index in [1.165, 1.54) is 7.11 Å². The summed E-state index contributed by atoms with van der Waals surface area (Å²) in [6, 6.07) is 19.9. The maximum absolute atomic E-state index is 12.1. The fourth-order valence-electron chi connectivity index (χ4n) is 3.13. The van der Waals surface area contributed by atoms with Gasteiger partial charge in [0.05, 0.1) is 12.5 Å². The quantitative estimate of drug-likeness (QED) is 0.868. The highest BCUT2D eigenvalue weighted by Crippen LogP contribution is 2.60. The van der Waals surface area contributed by atoms with Crippen LogP contribution in [0.4, 0.5) is 0 Å². The van der Waals surface area contributed by atoms with Crippen LogP contribution in [0, 0.1) is 0 Å². The third-order valence-corrected chi connectivity index (χ3v) is 4.26. The zero-order valence-electron chi connectivity index (χ0n) is 11.4. The van der Waals surface area contributed by atoms with E-state index in [1.54, 1.807) is 0 Å². The highest BCUT2D eigenvalue weighted by Gasteiger charge is 2.72. The highest BCUT2D eigenvalue weighted by atomic mass is 16.5. The van der Waals surface area contributed by atoms with E-state index >= 15 is 0 Å². The van der Waals surface area contributed by atoms with E-state index in [0.29, 0.717) is 6.42 Å². The molecular weight excluding hydrogens is 250 g/mol. The number of hydrogen-bond acceptors (Lipinski definition) is 3.